The number of nitrogens with zero attached hydrogens (tertiary/aromatic N) is 2. The first kappa shape index (κ1) is 22.5. The lowest BCUT2D eigenvalue weighted by atomic mass is 9.83. The summed E-state index contributed by atoms with van der Waals surface area (Å²) in [4.78, 5) is 14.9. The third-order valence-corrected chi connectivity index (χ3v) is 5.94. The van der Waals surface area contributed by atoms with Crippen LogP contribution in [0.2, 0.25) is 0 Å². The molecule has 4 nitrogen and oxygen atoms in total. The molecule has 0 aromatic heterocycles. The Bertz CT molecular complexity index is 668. The van der Waals surface area contributed by atoms with E-state index in [-0.39, 0.29) is 0 Å². The molecule has 4 heteroatoms. The van der Waals surface area contributed by atoms with Crippen LogP contribution >= 0.6 is 0 Å². The number of benzene rings is 1. The van der Waals surface area contributed by atoms with Gasteiger partial charge >= 0.3 is 0 Å². The van der Waals surface area contributed by atoms with Gasteiger partial charge in [-0.25, -0.2) is 5.43 Å². The van der Waals surface area contributed by atoms with Crippen LogP contribution in [-0.4, -0.2) is 36.0 Å². The molecule has 1 aromatic carbocycles. The summed E-state index contributed by atoms with van der Waals surface area (Å²) in [5.41, 5.74) is 8.81. The van der Waals surface area contributed by atoms with Crippen LogP contribution in [0, 0.1) is 0 Å². The average molecular weight is 386 g/mol. The fourth-order valence-electron chi connectivity index (χ4n) is 4.17. The van der Waals surface area contributed by atoms with Crippen LogP contribution in [0.25, 0.3) is 0 Å². The minimum absolute atomic E-state index is 0.307. The summed E-state index contributed by atoms with van der Waals surface area (Å²) in [7, 11) is 2.07. The Kier molecular flexibility index (Phi) is 9.04. The second-order valence-corrected chi connectivity index (χ2v) is 7.69. The summed E-state index contributed by atoms with van der Waals surface area (Å²) in [5.74, 6) is 0.625. The zero-order chi connectivity index (χ0) is 20.5. The van der Waals surface area contributed by atoms with E-state index in [0.29, 0.717) is 18.2 Å². The number of carbonyl (C=O) groups is 1. The van der Waals surface area contributed by atoms with E-state index < -0.39 is 0 Å². The number of fused-ring (bicyclic) bond motifs is 1. The maximum atomic E-state index is 12.8. The van der Waals surface area contributed by atoms with Gasteiger partial charge in [0.05, 0.1) is 0 Å². The molecule has 0 saturated heterocycles. The summed E-state index contributed by atoms with van der Waals surface area (Å²) in [6, 6.07) is 8.64. The molecule has 28 heavy (non-hydrogen) atoms. The summed E-state index contributed by atoms with van der Waals surface area (Å²) < 4.78 is 0. The Morgan fingerprint density at radius 3 is 2.54 bits per heavy atom. The van der Waals surface area contributed by atoms with Crippen molar-refractivity contribution < 1.29 is 4.79 Å². The van der Waals surface area contributed by atoms with E-state index in [2.05, 4.69) is 60.5 Å². The van der Waals surface area contributed by atoms with Crippen LogP contribution in [-0.2, 0) is 11.3 Å². The van der Waals surface area contributed by atoms with Crippen molar-refractivity contribution in [3.8, 4) is 0 Å². The lowest BCUT2D eigenvalue weighted by Gasteiger charge is -2.35. The molecular weight excluding hydrogens is 346 g/mol. The molecule has 1 amide bonds. The normalized spacial score (nSPS) is 18.7. The van der Waals surface area contributed by atoms with Gasteiger partial charge < -0.3 is 9.91 Å². The highest BCUT2D eigenvalue weighted by atomic mass is 16.2. The van der Waals surface area contributed by atoms with Gasteiger partial charge in [0.1, 0.15) is 0 Å². The van der Waals surface area contributed by atoms with E-state index in [1.807, 2.05) is 13.8 Å². The standard InChI is InChI=1S/C22H33N3O.C2H6/c1-4-5-6-7-8-13-22(26)25-15-18-11-9-10-12-19(18)21(16-25)20-14-23-24(3)17(20)2;1-2/h9-12,21,23H,4-8,13-16H2,1-3H3;1-2H3. The maximum absolute atomic E-state index is 12.8. The van der Waals surface area contributed by atoms with Gasteiger partial charge in [-0.05, 0) is 30.0 Å². The molecule has 1 aromatic rings. The number of hydrazine groups is 1. The van der Waals surface area contributed by atoms with Crippen molar-refractivity contribution in [1.82, 2.24) is 15.3 Å². The molecule has 0 spiro atoms. The van der Waals surface area contributed by atoms with Gasteiger partial charge in [-0.3, -0.25) is 4.79 Å². The first-order valence-electron chi connectivity index (χ1n) is 11.1. The molecular formula is C24H39N3O. The number of carbonyl (C=O) groups excluding carboxylic acids is 1. The fraction of sp³-hybridized carbons (Fsp3) is 0.625. The van der Waals surface area contributed by atoms with Crippen molar-refractivity contribution in [3.05, 3.63) is 46.7 Å². The minimum Gasteiger partial charge on any atom is -0.337 e. The summed E-state index contributed by atoms with van der Waals surface area (Å²) in [5, 5.41) is 2.10. The number of allylic oxidation sites excluding steroid dienone is 1. The minimum atomic E-state index is 0.307. The number of hydrogen-bond acceptors (Lipinski definition) is 3. The van der Waals surface area contributed by atoms with Gasteiger partial charge in [0.15, 0.2) is 0 Å². The molecule has 2 aliphatic heterocycles. The van der Waals surface area contributed by atoms with Gasteiger partial charge in [-0.15, -0.1) is 0 Å². The van der Waals surface area contributed by atoms with Crippen molar-refractivity contribution in [1.29, 1.82) is 0 Å². The fourth-order valence-corrected chi connectivity index (χ4v) is 4.17. The van der Waals surface area contributed by atoms with Gasteiger partial charge in [0.2, 0.25) is 5.91 Å². The van der Waals surface area contributed by atoms with Gasteiger partial charge in [-0.2, -0.15) is 0 Å². The smallest absolute Gasteiger partial charge is 0.222 e. The van der Waals surface area contributed by atoms with Crippen LogP contribution in [0.3, 0.4) is 0 Å². The van der Waals surface area contributed by atoms with Crippen LogP contribution in [0.5, 0.6) is 0 Å². The Labute approximate surface area is 172 Å². The Hall–Kier alpha value is -1.81. The number of unbranched alkanes of at least 4 members (excludes halogenated alkanes) is 4. The van der Waals surface area contributed by atoms with Crippen molar-refractivity contribution in [3.63, 3.8) is 0 Å². The first-order valence-corrected chi connectivity index (χ1v) is 11.1. The molecule has 0 saturated carbocycles. The predicted octanol–water partition coefficient (Wildman–Crippen LogP) is 5.22. The number of hydrogen-bond donors (Lipinski definition) is 1. The zero-order valence-corrected chi connectivity index (χ0v) is 18.6. The third kappa shape index (κ3) is 5.38. The zero-order valence-electron chi connectivity index (χ0n) is 18.6. The lowest BCUT2D eigenvalue weighted by molar-refractivity contribution is -0.132. The summed E-state index contributed by atoms with van der Waals surface area (Å²) in [6.07, 6.45) is 6.66. The van der Waals surface area contributed by atoms with Gasteiger partial charge in [0, 0.05) is 44.7 Å². The second-order valence-electron chi connectivity index (χ2n) is 7.69. The predicted molar refractivity (Wildman–Crippen MR) is 118 cm³/mol. The highest BCUT2D eigenvalue weighted by molar-refractivity contribution is 5.76. The van der Waals surface area contributed by atoms with Crippen molar-refractivity contribution in [2.75, 3.05) is 20.1 Å². The average Bonchev–Trinajstić information content (AvgIpc) is 3.06. The molecule has 156 valence electrons. The van der Waals surface area contributed by atoms with E-state index in [9.17, 15) is 4.79 Å². The van der Waals surface area contributed by atoms with Gasteiger partial charge in [0.25, 0.3) is 0 Å². The molecule has 1 atom stereocenters. The van der Waals surface area contributed by atoms with Crippen molar-refractivity contribution >= 4 is 5.91 Å². The quantitative estimate of drug-likeness (QED) is 0.653. The topological polar surface area (TPSA) is 35.6 Å². The van der Waals surface area contributed by atoms with Crippen molar-refractivity contribution in [2.45, 2.75) is 78.7 Å². The van der Waals surface area contributed by atoms with E-state index in [1.54, 1.807) is 0 Å². The van der Waals surface area contributed by atoms with Crippen molar-refractivity contribution in [2.24, 2.45) is 0 Å². The monoisotopic (exact) mass is 385 g/mol. The Morgan fingerprint density at radius 2 is 1.86 bits per heavy atom. The van der Waals surface area contributed by atoms with Crippen LogP contribution in [0.4, 0.5) is 0 Å². The molecule has 0 fully saturated rings. The Balaban J connectivity index is 0.00000136. The molecule has 1 unspecified atom stereocenters. The van der Waals surface area contributed by atoms with E-state index in [0.717, 1.165) is 26.1 Å². The second kappa shape index (κ2) is 11.3. The highest BCUT2D eigenvalue weighted by Crippen LogP contribution is 2.36. The largest absolute Gasteiger partial charge is 0.337 e. The molecule has 0 bridgehead atoms. The third-order valence-electron chi connectivity index (χ3n) is 5.94. The molecule has 0 aliphatic carbocycles. The first-order chi connectivity index (χ1) is 13.6. The molecule has 2 heterocycles. The highest BCUT2D eigenvalue weighted by Gasteiger charge is 2.33. The lowest BCUT2D eigenvalue weighted by Crippen LogP contribution is -2.39. The molecule has 1 N–H and O–H groups in total. The SMILES string of the molecule is CC.CCCCCCCC(=O)N1Cc2ccccc2C(C2=C(C)N(C)NC2)C1. The van der Waals surface area contributed by atoms with Gasteiger partial charge in [-0.1, -0.05) is 70.7 Å². The van der Waals surface area contributed by atoms with Crippen LogP contribution in [0.1, 0.15) is 83.3 Å². The Morgan fingerprint density at radius 1 is 1.14 bits per heavy atom. The maximum Gasteiger partial charge on any atom is 0.222 e. The molecule has 3 rings (SSSR count). The van der Waals surface area contributed by atoms with E-state index >= 15 is 0 Å². The van der Waals surface area contributed by atoms with E-state index in [4.69, 9.17) is 0 Å². The summed E-state index contributed by atoms with van der Waals surface area (Å²) >= 11 is 0. The molecule has 0 radical (unpaired) electrons. The number of rotatable bonds is 7. The molecule has 2 aliphatic rings. The van der Waals surface area contributed by atoms with Crippen LogP contribution < -0.4 is 5.43 Å². The number of amides is 1. The number of nitrogens with one attached hydrogen (secondary N) is 1. The summed E-state index contributed by atoms with van der Waals surface area (Å²) in [6.45, 7) is 10.8. The van der Waals surface area contributed by atoms with Crippen LogP contribution in [0.15, 0.2) is 35.5 Å². The van der Waals surface area contributed by atoms with E-state index in [1.165, 1.54) is 48.1 Å².